The van der Waals surface area contributed by atoms with Gasteiger partial charge in [-0.2, -0.15) is 17.7 Å². The fraction of sp³-hybridized carbons (Fsp3) is 0.375. The predicted octanol–water partition coefficient (Wildman–Crippen LogP) is 2.26. The van der Waals surface area contributed by atoms with Gasteiger partial charge in [0.1, 0.15) is 0 Å². The smallest absolute Gasteiger partial charge is 0.184 e. The molecule has 0 aromatic carbocycles. The summed E-state index contributed by atoms with van der Waals surface area (Å²) in [6, 6.07) is 4.97. The first kappa shape index (κ1) is 10.4. The van der Waals surface area contributed by atoms with E-state index in [1.165, 1.54) is 22.5 Å². The Hall–Kier alpha value is -0.710. The molecule has 1 rings (SSSR count). The van der Waals surface area contributed by atoms with E-state index in [-0.39, 0.29) is 0 Å². The fourth-order valence-electron chi connectivity index (χ4n) is 0.970. The van der Waals surface area contributed by atoms with E-state index in [4.69, 9.17) is 0 Å². The number of alkyl halides is 3. The van der Waals surface area contributed by atoms with E-state index < -0.39 is 12.7 Å². The third-order valence-corrected chi connectivity index (χ3v) is 2.25. The Bertz CT molecular complexity index is 285. The van der Waals surface area contributed by atoms with Gasteiger partial charge in [0.05, 0.1) is 0 Å². The Kier molecular flexibility index (Phi) is 3.19. The molecule has 0 amide bonds. The molecule has 0 radical (unpaired) electrons. The zero-order valence-electron chi connectivity index (χ0n) is 7.01. The molecule has 0 unspecified atom stereocenters. The summed E-state index contributed by atoms with van der Waals surface area (Å²) in [6.07, 6.45) is -0.974. The zero-order chi connectivity index (χ0) is 9.90. The number of hydrogen-bond acceptors (Lipinski definition) is 1. The van der Waals surface area contributed by atoms with Crippen LogP contribution in [0.2, 0.25) is 0 Å². The van der Waals surface area contributed by atoms with Crippen molar-refractivity contribution in [2.24, 2.45) is 0 Å². The molecule has 0 aliphatic carbocycles. The minimum atomic E-state index is -4.16. The standard InChI is InChI=1S/C8H9F3NS/c1-13-7-4-2-3-5-12(7)6-8(9,10)11/h2-5H,6H2,1H3/q+1. The van der Waals surface area contributed by atoms with Crippen molar-refractivity contribution < 1.29 is 17.7 Å². The quantitative estimate of drug-likeness (QED) is 0.532. The van der Waals surface area contributed by atoms with E-state index in [0.717, 1.165) is 0 Å². The Morgan fingerprint density at radius 1 is 1.38 bits per heavy atom. The minimum Gasteiger partial charge on any atom is -0.184 e. The Morgan fingerprint density at radius 3 is 2.62 bits per heavy atom. The molecule has 1 aromatic heterocycles. The van der Waals surface area contributed by atoms with Crippen LogP contribution in [-0.2, 0) is 6.54 Å². The van der Waals surface area contributed by atoms with Crippen molar-refractivity contribution in [2.75, 3.05) is 6.26 Å². The van der Waals surface area contributed by atoms with Crippen LogP contribution in [0.3, 0.4) is 0 Å². The van der Waals surface area contributed by atoms with Crippen LogP contribution in [0.25, 0.3) is 0 Å². The summed E-state index contributed by atoms with van der Waals surface area (Å²) in [7, 11) is 0. The third kappa shape index (κ3) is 3.26. The van der Waals surface area contributed by atoms with E-state index in [0.29, 0.717) is 5.03 Å². The second-order valence-corrected chi connectivity index (χ2v) is 3.31. The van der Waals surface area contributed by atoms with Crippen molar-refractivity contribution in [1.29, 1.82) is 0 Å². The molecule has 0 bridgehead atoms. The van der Waals surface area contributed by atoms with Crippen LogP contribution in [0.1, 0.15) is 0 Å². The lowest BCUT2D eigenvalue weighted by Crippen LogP contribution is -2.42. The molecule has 1 nitrogen and oxygen atoms in total. The van der Waals surface area contributed by atoms with Crippen molar-refractivity contribution >= 4 is 11.8 Å². The maximum absolute atomic E-state index is 12.0. The average molecular weight is 208 g/mol. The van der Waals surface area contributed by atoms with Gasteiger partial charge in [0.25, 0.3) is 0 Å². The molecular formula is C8H9F3NS+. The molecule has 0 aliphatic rings. The van der Waals surface area contributed by atoms with Gasteiger partial charge in [-0.05, 0) is 12.3 Å². The summed E-state index contributed by atoms with van der Waals surface area (Å²) in [5.74, 6) is 0. The first-order valence-corrected chi connectivity index (χ1v) is 4.84. The van der Waals surface area contributed by atoms with Crippen LogP contribution < -0.4 is 4.57 Å². The Labute approximate surface area is 78.6 Å². The molecule has 13 heavy (non-hydrogen) atoms. The monoisotopic (exact) mass is 208 g/mol. The zero-order valence-corrected chi connectivity index (χ0v) is 7.82. The molecule has 0 spiro atoms. The highest BCUT2D eigenvalue weighted by atomic mass is 32.2. The molecule has 72 valence electrons. The van der Waals surface area contributed by atoms with E-state index in [1.807, 2.05) is 0 Å². The van der Waals surface area contributed by atoms with Crippen LogP contribution in [0.15, 0.2) is 29.4 Å². The highest BCUT2D eigenvalue weighted by Gasteiger charge is 2.34. The Balaban J connectivity index is 2.87. The molecule has 0 fully saturated rings. The molecule has 1 aromatic rings. The van der Waals surface area contributed by atoms with Crippen molar-refractivity contribution in [2.45, 2.75) is 17.7 Å². The van der Waals surface area contributed by atoms with E-state index in [1.54, 1.807) is 24.5 Å². The first-order valence-electron chi connectivity index (χ1n) is 3.62. The van der Waals surface area contributed by atoms with Gasteiger partial charge in [0, 0.05) is 12.1 Å². The molecule has 1 heterocycles. The maximum atomic E-state index is 12.0. The second-order valence-electron chi connectivity index (χ2n) is 2.49. The molecule has 0 saturated heterocycles. The van der Waals surface area contributed by atoms with Gasteiger partial charge in [0.2, 0.25) is 11.6 Å². The highest BCUT2D eigenvalue weighted by molar-refractivity contribution is 7.98. The molecule has 0 saturated carbocycles. The van der Waals surface area contributed by atoms with Crippen molar-refractivity contribution in [3.8, 4) is 0 Å². The van der Waals surface area contributed by atoms with Crippen molar-refractivity contribution in [3.63, 3.8) is 0 Å². The van der Waals surface area contributed by atoms with Gasteiger partial charge in [0.15, 0.2) is 6.20 Å². The maximum Gasteiger partial charge on any atom is 0.448 e. The lowest BCUT2D eigenvalue weighted by Gasteiger charge is -2.03. The topological polar surface area (TPSA) is 3.88 Å². The van der Waals surface area contributed by atoms with E-state index in [9.17, 15) is 13.2 Å². The summed E-state index contributed by atoms with van der Waals surface area (Å²) >= 11 is 1.30. The molecule has 0 aliphatic heterocycles. The van der Waals surface area contributed by atoms with Gasteiger partial charge in [-0.1, -0.05) is 11.8 Å². The van der Waals surface area contributed by atoms with Gasteiger partial charge in [-0.15, -0.1) is 0 Å². The van der Waals surface area contributed by atoms with Crippen molar-refractivity contribution in [3.05, 3.63) is 24.4 Å². The lowest BCUT2D eigenvalue weighted by molar-refractivity contribution is -0.752. The summed E-state index contributed by atoms with van der Waals surface area (Å²) in [6.45, 7) is -0.927. The molecule has 5 heteroatoms. The predicted molar refractivity (Wildman–Crippen MR) is 44.5 cm³/mol. The minimum absolute atomic E-state index is 0.611. The van der Waals surface area contributed by atoms with Gasteiger partial charge in [-0.3, -0.25) is 0 Å². The number of thioether (sulfide) groups is 1. The largest absolute Gasteiger partial charge is 0.448 e. The third-order valence-electron chi connectivity index (χ3n) is 1.46. The van der Waals surface area contributed by atoms with Crippen LogP contribution in [0.4, 0.5) is 13.2 Å². The van der Waals surface area contributed by atoms with E-state index in [2.05, 4.69) is 0 Å². The Morgan fingerprint density at radius 2 is 2.08 bits per heavy atom. The number of rotatable bonds is 2. The summed E-state index contributed by atoms with van der Waals surface area (Å²) in [5, 5.41) is 0.611. The van der Waals surface area contributed by atoms with Gasteiger partial charge >= 0.3 is 6.18 Å². The number of nitrogens with zero attached hydrogens (tertiary/aromatic N) is 1. The fourth-order valence-corrected chi connectivity index (χ4v) is 1.54. The molecule has 0 atom stereocenters. The van der Waals surface area contributed by atoms with Crippen LogP contribution in [0, 0.1) is 0 Å². The average Bonchev–Trinajstić information content (AvgIpc) is 2.02. The normalized spacial score (nSPS) is 11.7. The molecular weight excluding hydrogens is 199 g/mol. The summed E-state index contributed by atoms with van der Waals surface area (Å²) < 4.78 is 37.3. The first-order chi connectivity index (χ1) is 6.03. The highest BCUT2D eigenvalue weighted by Crippen LogP contribution is 2.16. The van der Waals surface area contributed by atoms with Crippen LogP contribution >= 0.6 is 11.8 Å². The summed E-state index contributed by atoms with van der Waals surface area (Å²) in [5.41, 5.74) is 0. The number of halogens is 3. The second kappa shape index (κ2) is 4.00. The number of pyridine rings is 1. The summed E-state index contributed by atoms with van der Waals surface area (Å²) in [4.78, 5) is 0. The van der Waals surface area contributed by atoms with Gasteiger partial charge in [-0.25, -0.2) is 0 Å². The SMILES string of the molecule is CSc1cccc[n+]1CC(F)(F)F. The van der Waals surface area contributed by atoms with E-state index >= 15 is 0 Å². The lowest BCUT2D eigenvalue weighted by atomic mass is 10.4. The molecule has 0 N–H and O–H groups in total. The van der Waals surface area contributed by atoms with Crippen LogP contribution in [-0.4, -0.2) is 12.4 Å². The number of aromatic nitrogens is 1. The van der Waals surface area contributed by atoms with Gasteiger partial charge < -0.3 is 0 Å². The van der Waals surface area contributed by atoms with Crippen LogP contribution in [0.5, 0.6) is 0 Å². The number of hydrogen-bond donors (Lipinski definition) is 0. The van der Waals surface area contributed by atoms with Crippen molar-refractivity contribution in [1.82, 2.24) is 0 Å².